The van der Waals surface area contributed by atoms with E-state index < -0.39 is 0 Å². The number of hydrogen-bond donors (Lipinski definition) is 0. The van der Waals surface area contributed by atoms with Gasteiger partial charge < -0.3 is 4.74 Å². The van der Waals surface area contributed by atoms with Crippen molar-refractivity contribution in [3.8, 4) is 11.8 Å². The Bertz CT molecular complexity index is 390. The summed E-state index contributed by atoms with van der Waals surface area (Å²) in [6.07, 6.45) is 3.98. The molecule has 84 valence electrons. The highest BCUT2D eigenvalue weighted by molar-refractivity contribution is 5.41. The molecule has 0 aliphatic carbocycles. The van der Waals surface area contributed by atoms with Gasteiger partial charge in [-0.15, -0.1) is 6.58 Å². The standard InChI is InChI=1S/C14H17NO/c1-3-7-13-12(9-6-11-15)8-5-10-14(13)16-4-2/h3,5,8,10H,1,4,6-7,9H2,2H3. The van der Waals surface area contributed by atoms with Gasteiger partial charge in [-0.2, -0.15) is 5.26 Å². The van der Waals surface area contributed by atoms with Crippen LogP contribution in [0, 0.1) is 11.3 Å². The Morgan fingerprint density at radius 2 is 2.31 bits per heavy atom. The summed E-state index contributed by atoms with van der Waals surface area (Å²) in [5, 5.41) is 8.62. The third-order valence-corrected chi connectivity index (χ3v) is 2.38. The molecule has 1 aromatic carbocycles. The molecular weight excluding hydrogens is 198 g/mol. The zero-order valence-electron chi connectivity index (χ0n) is 9.70. The van der Waals surface area contributed by atoms with Crippen LogP contribution in [0.4, 0.5) is 0 Å². The van der Waals surface area contributed by atoms with Crippen molar-refractivity contribution in [2.45, 2.75) is 26.2 Å². The summed E-state index contributed by atoms with van der Waals surface area (Å²) in [5.41, 5.74) is 2.35. The number of nitriles is 1. The molecule has 0 saturated carbocycles. The van der Waals surface area contributed by atoms with Gasteiger partial charge in [-0.3, -0.25) is 0 Å². The average molecular weight is 215 g/mol. The molecule has 0 fully saturated rings. The molecule has 0 N–H and O–H groups in total. The third kappa shape index (κ3) is 3.13. The number of ether oxygens (including phenoxy) is 1. The van der Waals surface area contributed by atoms with E-state index in [2.05, 4.69) is 18.7 Å². The SMILES string of the molecule is C=CCc1c(CCC#N)cccc1OCC. The second-order valence-electron chi connectivity index (χ2n) is 3.48. The van der Waals surface area contributed by atoms with Crippen molar-refractivity contribution in [1.29, 1.82) is 5.26 Å². The second kappa shape index (κ2) is 6.68. The smallest absolute Gasteiger partial charge is 0.123 e. The highest BCUT2D eigenvalue weighted by Gasteiger charge is 2.07. The number of allylic oxidation sites excluding steroid dienone is 1. The molecular formula is C14H17NO. The fourth-order valence-electron chi connectivity index (χ4n) is 1.70. The van der Waals surface area contributed by atoms with Gasteiger partial charge in [-0.1, -0.05) is 18.2 Å². The predicted octanol–water partition coefficient (Wildman–Crippen LogP) is 3.27. The van der Waals surface area contributed by atoms with E-state index in [1.807, 2.05) is 25.1 Å². The van der Waals surface area contributed by atoms with E-state index in [4.69, 9.17) is 10.00 Å². The Hall–Kier alpha value is -1.75. The molecule has 0 radical (unpaired) electrons. The maximum atomic E-state index is 8.62. The molecule has 0 amide bonds. The summed E-state index contributed by atoms with van der Waals surface area (Å²) in [7, 11) is 0. The Labute approximate surface area is 97.2 Å². The Morgan fingerprint density at radius 3 is 2.94 bits per heavy atom. The lowest BCUT2D eigenvalue weighted by atomic mass is 9.99. The lowest BCUT2D eigenvalue weighted by Gasteiger charge is -2.12. The first kappa shape index (κ1) is 12.3. The van der Waals surface area contributed by atoms with Gasteiger partial charge in [0.25, 0.3) is 0 Å². The molecule has 0 aromatic heterocycles. The van der Waals surface area contributed by atoms with E-state index in [1.54, 1.807) is 0 Å². The van der Waals surface area contributed by atoms with Crippen LogP contribution in [-0.4, -0.2) is 6.61 Å². The van der Waals surface area contributed by atoms with Gasteiger partial charge in [0, 0.05) is 12.0 Å². The molecule has 0 aliphatic rings. The van der Waals surface area contributed by atoms with Crippen molar-refractivity contribution in [2.75, 3.05) is 6.61 Å². The maximum absolute atomic E-state index is 8.62. The molecule has 0 spiro atoms. The zero-order valence-corrected chi connectivity index (χ0v) is 9.70. The minimum Gasteiger partial charge on any atom is -0.494 e. The molecule has 1 aromatic rings. The molecule has 1 rings (SSSR count). The van der Waals surface area contributed by atoms with Gasteiger partial charge in [0.05, 0.1) is 12.7 Å². The maximum Gasteiger partial charge on any atom is 0.123 e. The number of nitrogens with zero attached hydrogens (tertiary/aromatic N) is 1. The first-order valence-corrected chi connectivity index (χ1v) is 5.54. The van der Waals surface area contributed by atoms with Crippen LogP contribution in [0.25, 0.3) is 0 Å². The van der Waals surface area contributed by atoms with Crippen molar-refractivity contribution < 1.29 is 4.74 Å². The van der Waals surface area contributed by atoms with Gasteiger partial charge in [0.15, 0.2) is 0 Å². The number of rotatable bonds is 6. The molecule has 2 heteroatoms. The molecule has 0 saturated heterocycles. The highest BCUT2D eigenvalue weighted by atomic mass is 16.5. The average Bonchev–Trinajstić information content (AvgIpc) is 2.30. The van der Waals surface area contributed by atoms with Crippen LogP contribution in [0.15, 0.2) is 30.9 Å². The lowest BCUT2D eigenvalue weighted by molar-refractivity contribution is 0.336. The fourth-order valence-corrected chi connectivity index (χ4v) is 1.70. The van der Waals surface area contributed by atoms with Crippen LogP contribution in [-0.2, 0) is 12.8 Å². The quantitative estimate of drug-likeness (QED) is 0.682. The van der Waals surface area contributed by atoms with Crippen LogP contribution < -0.4 is 4.74 Å². The van der Waals surface area contributed by atoms with Gasteiger partial charge in [-0.25, -0.2) is 0 Å². The molecule has 0 unspecified atom stereocenters. The summed E-state index contributed by atoms with van der Waals surface area (Å²) >= 11 is 0. The van der Waals surface area contributed by atoms with Crippen LogP contribution in [0.3, 0.4) is 0 Å². The summed E-state index contributed by atoms with van der Waals surface area (Å²) < 4.78 is 5.58. The highest BCUT2D eigenvalue weighted by Crippen LogP contribution is 2.24. The normalized spacial score (nSPS) is 9.50. The van der Waals surface area contributed by atoms with Gasteiger partial charge in [0.2, 0.25) is 0 Å². The molecule has 0 atom stereocenters. The van der Waals surface area contributed by atoms with E-state index in [1.165, 1.54) is 5.56 Å². The minimum atomic E-state index is 0.541. The van der Waals surface area contributed by atoms with Crippen LogP contribution in [0.2, 0.25) is 0 Å². The summed E-state index contributed by atoms with van der Waals surface area (Å²) in [6, 6.07) is 8.17. The fraction of sp³-hybridized carbons (Fsp3) is 0.357. The van der Waals surface area contributed by atoms with Gasteiger partial charge >= 0.3 is 0 Å². The Balaban J connectivity index is 3.00. The third-order valence-electron chi connectivity index (χ3n) is 2.38. The van der Waals surface area contributed by atoms with E-state index in [0.29, 0.717) is 13.0 Å². The molecule has 16 heavy (non-hydrogen) atoms. The molecule has 0 heterocycles. The van der Waals surface area contributed by atoms with Crippen LogP contribution in [0.5, 0.6) is 5.75 Å². The van der Waals surface area contributed by atoms with E-state index in [0.717, 1.165) is 24.2 Å². The van der Waals surface area contributed by atoms with E-state index in [9.17, 15) is 0 Å². The molecule has 0 aliphatic heterocycles. The van der Waals surface area contributed by atoms with Crippen molar-refractivity contribution >= 4 is 0 Å². The number of aryl methyl sites for hydroxylation is 1. The predicted molar refractivity (Wildman–Crippen MR) is 65.4 cm³/mol. The Kier molecular flexibility index (Phi) is 5.15. The lowest BCUT2D eigenvalue weighted by Crippen LogP contribution is -2.00. The number of benzene rings is 1. The topological polar surface area (TPSA) is 33.0 Å². The summed E-state index contributed by atoms with van der Waals surface area (Å²) in [4.78, 5) is 0. The Morgan fingerprint density at radius 1 is 1.50 bits per heavy atom. The zero-order chi connectivity index (χ0) is 11.8. The first-order chi connectivity index (χ1) is 7.83. The van der Waals surface area contributed by atoms with E-state index >= 15 is 0 Å². The van der Waals surface area contributed by atoms with Crippen LogP contribution >= 0.6 is 0 Å². The first-order valence-electron chi connectivity index (χ1n) is 5.54. The largest absolute Gasteiger partial charge is 0.494 e. The monoisotopic (exact) mass is 215 g/mol. The van der Waals surface area contributed by atoms with Crippen molar-refractivity contribution in [3.05, 3.63) is 42.0 Å². The van der Waals surface area contributed by atoms with Crippen molar-refractivity contribution in [1.82, 2.24) is 0 Å². The summed E-state index contributed by atoms with van der Waals surface area (Å²) in [5.74, 6) is 0.915. The molecule has 2 nitrogen and oxygen atoms in total. The number of hydrogen-bond acceptors (Lipinski definition) is 2. The van der Waals surface area contributed by atoms with E-state index in [-0.39, 0.29) is 0 Å². The van der Waals surface area contributed by atoms with Crippen molar-refractivity contribution in [3.63, 3.8) is 0 Å². The summed E-state index contributed by atoms with van der Waals surface area (Å²) in [6.45, 7) is 6.39. The minimum absolute atomic E-state index is 0.541. The molecule has 0 bridgehead atoms. The second-order valence-corrected chi connectivity index (χ2v) is 3.48. The van der Waals surface area contributed by atoms with Crippen LogP contribution in [0.1, 0.15) is 24.5 Å². The van der Waals surface area contributed by atoms with Gasteiger partial charge in [-0.05, 0) is 31.4 Å². The van der Waals surface area contributed by atoms with Crippen molar-refractivity contribution in [2.24, 2.45) is 0 Å². The van der Waals surface area contributed by atoms with Gasteiger partial charge in [0.1, 0.15) is 5.75 Å².